The number of hydrogen-bond donors (Lipinski definition) is 0. The van der Waals surface area contributed by atoms with Crippen LogP contribution in [-0.4, -0.2) is 14.5 Å². The van der Waals surface area contributed by atoms with E-state index >= 15 is 0 Å². The number of benzene rings is 2. The van der Waals surface area contributed by atoms with Crippen LogP contribution in [0.2, 0.25) is 5.02 Å². The monoisotopic (exact) mass is 333 g/mol. The van der Waals surface area contributed by atoms with Gasteiger partial charge in [-0.3, -0.25) is 4.57 Å². The van der Waals surface area contributed by atoms with Crippen LogP contribution in [0.1, 0.15) is 5.82 Å². The Balaban J connectivity index is 2.06. The van der Waals surface area contributed by atoms with Crippen molar-refractivity contribution in [3.63, 3.8) is 0 Å². The van der Waals surface area contributed by atoms with Crippen LogP contribution in [-0.2, 0) is 5.88 Å². The van der Waals surface area contributed by atoms with Gasteiger partial charge in [0.2, 0.25) is 0 Å². The summed E-state index contributed by atoms with van der Waals surface area (Å²) in [4.78, 5) is 8.87. The van der Waals surface area contributed by atoms with E-state index in [1.54, 1.807) is 11.3 Å². The third-order valence-corrected chi connectivity index (χ3v) is 4.73. The first-order chi connectivity index (χ1) is 10.3. The van der Waals surface area contributed by atoms with Gasteiger partial charge in [0.25, 0.3) is 0 Å². The third-order valence-electron chi connectivity index (χ3n) is 3.40. The van der Waals surface area contributed by atoms with Gasteiger partial charge in [0.05, 0.1) is 32.1 Å². The van der Waals surface area contributed by atoms with Crippen LogP contribution in [0.4, 0.5) is 0 Å². The van der Waals surface area contributed by atoms with Crippen LogP contribution in [0.5, 0.6) is 0 Å². The molecule has 2 aromatic heterocycles. The van der Waals surface area contributed by atoms with Gasteiger partial charge in [-0.05, 0) is 30.3 Å². The Morgan fingerprint density at radius 2 is 2.10 bits per heavy atom. The normalized spacial score (nSPS) is 11.5. The molecule has 0 fully saturated rings. The van der Waals surface area contributed by atoms with Crippen molar-refractivity contribution in [2.24, 2.45) is 0 Å². The van der Waals surface area contributed by atoms with Crippen molar-refractivity contribution in [3.05, 3.63) is 52.8 Å². The lowest BCUT2D eigenvalue weighted by atomic mass is 10.2. The van der Waals surface area contributed by atoms with Gasteiger partial charge in [-0.1, -0.05) is 17.7 Å². The second kappa shape index (κ2) is 4.98. The number of hydrogen-bond acceptors (Lipinski definition) is 3. The van der Waals surface area contributed by atoms with E-state index in [0.717, 1.165) is 32.8 Å². The van der Waals surface area contributed by atoms with E-state index in [-0.39, 0.29) is 0 Å². The number of aromatic nitrogens is 3. The zero-order valence-corrected chi connectivity index (χ0v) is 13.1. The summed E-state index contributed by atoms with van der Waals surface area (Å²) in [7, 11) is 0. The van der Waals surface area contributed by atoms with Crippen molar-refractivity contribution >= 4 is 55.8 Å². The maximum atomic E-state index is 6.24. The van der Waals surface area contributed by atoms with Crippen molar-refractivity contribution in [2.45, 2.75) is 5.88 Å². The minimum Gasteiger partial charge on any atom is -0.295 e. The van der Waals surface area contributed by atoms with Gasteiger partial charge in [0, 0.05) is 5.69 Å². The van der Waals surface area contributed by atoms with Gasteiger partial charge >= 0.3 is 0 Å². The molecule has 0 aliphatic rings. The van der Waals surface area contributed by atoms with Crippen molar-refractivity contribution in [2.75, 3.05) is 0 Å². The fourth-order valence-electron chi connectivity index (χ4n) is 2.47. The molecule has 0 aliphatic heterocycles. The van der Waals surface area contributed by atoms with Crippen molar-refractivity contribution < 1.29 is 0 Å². The first-order valence-electron chi connectivity index (χ1n) is 6.33. The average Bonchev–Trinajstić information content (AvgIpc) is 3.10. The van der Waals surface area contributed by atoms with E-state index in [0.29, 0.717) is 10.9 Å². The minimum atomic E-state index is 0.325. The molecule has 0 amide bonds. The molecule has 0 atom stereocenters. The summed E-state index contributed by atoms with van der Waals surface area (Å²) in [5, 5.41) is 0.636. The Kier molecular flexibility index (Phi) is 3.10. The Morgan fingerprint density at radius 1 is 1.19 bits per heavy atom. The Hall–Kier alpha value is -1.62. The Morgan fingerprint density at radius 3 is 2.95 bits per heavy atom. The largest absolute Gasteiger partial charge is 0.295 e. The van der Waals surface area contributed by atoms with Gasteiger partial charge in [-0.15, -0.1) is 22.9 Å². The molecule has 0 bridgehead atoms. The predicted octanol–water partition coefficient (Wildman–Crippen LogP) is 5.03. The number of imidazole rings is 1. The minimum absolute atomic E-state index is 0.325. The molecule has 0 saturated heterocycles. The number of alkyl halides is 1. The van der Waals surface area contributed by atoms with Gasteiger partial charge in [-0.2, -0.15) is 0 Å². The number of thiazole rings is 1. The number of rotatable bonds is 2. The highest BCUT2D eigenvalue weighted by atomic mass is 35.5. The molecule has 21 heavy (non-hydrogen) atoms. The van der Waals surface area contributed by atoms with E-state index in [1.165, 1.54) is 0 Å². The number of fused-ring (bicyclic) bond motifs is 2. The van der Waals surface area contributed by atoms with E-state index in [4.69, 9.17) is 23.2 Å². The van der Waals surface area contributed by atoms with Gasteiger partial charge in [0.15, 0.2) is 0 Å². The summed E-state index contributed by atoms with van der Waals surface area (Å²) in [6, 6.07) is 11.9. The molecule has 4 rings (SSSR count). The highest BCUT2D eigenvalue weighted by Crippen LogP contribution is 2.29. The number of para-hydroxylation sites is 1. The van der Waals surface area contributed by atoms with Crippen LogP contribution in [0.3, 0.4) is 0 Å². The summed E-state index contributed by atoms with van der Waals surface area (Å²) in [5.74, 6) is 1.11. The lowest BCUT2D eigenvalue weighted by molar-refractivity contribution is 0.984. The highest BCUT2D eigenvalue weighted by Gasteiger charge is 2.14. The second-order valence-electron chi connectivity index (χ2n) is 4.61. The molecular weight excluding hydrogens is 325 g/mol. The van der Waals surface area contributed by atoms with Crippen molar-refractivity contribution in [3.8, 4) is 5.69 Å². The topological polar surface area (TPSA) is 30.7 Å². The lowest BCUT2D eigenvalue weighted by Gasteiger charge is -2.07. The molecule has 4 aromatic rings. The molecule has 104 valence electrons. The SMILES string of the molecule is ClCc1nc2c(Cl)cccc2n1-c1ccc2ncsc2c1. The molecule has 3 nitrogen and oxygen atoms in total. The molecule has 0 spiro atoms. The standard InChI is InChI=1S/C15H9Cl2N3S/c16-7-14-19-15-10(17)2-1-3-12(15)20(14)9-4-5-11-13(6-9)21-8-18-11/h1-6,8H,7H2. The summed E-state index contributed by atoms with van der Waals surface area (Å²) in [6.07, 6.45) is 0. The number of nitrogens with zero attached hydrogens (tertiary/aromatic N) is 3. The number of halogens is 2. The van der Waals surface area contributed by atoms with Crippen molar-refractivity contribution in [1.29, 1.82) is 0 Å². The maximum absolute atomic E-state index is 6.24. The van der Waals surface area contributed by atoms with Crippen LogP contribution in [0, 0.1) is 0 Å². The second-order valence-corrected chi connectivity index (χ2v) is 6.17. The third kappa shape index (κ3) is 2.02. The molecule has 0 N–H and O–H groups in total. The van der Waals surface area contributed by atoms with E-state index in [1.807, 2.05) is 40.4 Å². The summed E-state index contributed by atoms with van der Waals surface area (Å²) in [6.45, 7) is 0. The first-order valence-corrected chi connectivity index (χ1v) is 8.12. The zero-order chi connectivity index (χ0) is 14.4. The van der Waals surface area contributed by atoms with E-state index < -0.39 is 0 Å². The van der Waals surface area contributed by atoms with E-state index in [9.17, 15) is 0 Å². The highest BCUT2D eigenvalue weighted by molar-refractivity contribution is 7.16. The van der Waals surface area contributed by atoms with E-state index in [2.05, 4.69) is 16.0 Å². The van der Waals surface area contributed by atoms with Gasteiger partial charge < -0.3 is 0 Å². The van der Waals surface area contributed by atoms with Crippen LogP contribution >= 0.6 is 34.5 Å². The molecule has 2 aromatic carbocycles. The molecule has 6 heteroatoms. The predicted molar refractivity (Wildman–Crippen MR) is 88.8 cm³/mol. The molecular formula is C15H9Cl2N3S. The lowest BCUT2D eigenvalue weighted by Crippen LogP contribution is -1.98. The van der Waals surface area contributed by atoms with Crippen LogP contribution in [0.15, 0.2) is 41.9 Å². The van der Waals surface area contributed by atoms with Crippen LogP contribution < -0.4 is 0 Å². The fourth-order valence-corrected chi connectivity index (χ4v) is 3.57. The first kappa shape index (κ1) is 13.1. The molecule has 2 heterocycles. The molecule has 0 radical (unpaired) electrons. The van der Waals surface area contributed by atoms with Gasteiger partial charge in [0.1, 0.15) is 11.3 Å². The molecule has 0 saturated carbocycles. The Labute approximate surface area is 134 Å². The summed E-state index contributed by atoms with van der Waals surface area (Å²) in [5.41, 5.74) is 5.60. The molecule has 0 aliphatic carbocycles. The fraction of sp³-hybridized carbons (Fsp3) is 0.0667. The maximum Gasteiger partial charge on any atom is 0.129 e. The molecule has 0 unspecified atom stereocenters. The van der Waals surface area contributed by atoms with Crippen molar-refractivity contribution in [1.82, 2.24) is 14.5 Å². The average molecular weight is 334 g/mol. The zero-order valence-electron chi connectivity index (χ0n) is 10.8. The quantitative estimate of drug-likeness (QED) is 0.482. The smallest absolute Gasteiger partial charge is 0.129 e. The van der Waals surface area contributed by atoms with Crippen LogP contribution in [0.25, 0.3) is 26.9 Å². The summed E-state index contributed by atoms with van der Waals surface area (Å²) < 4.78 is 3.19. The van der Waals surface area contributed by atoms with Gasteiger partial charge in [-0.25, -0.2) is 9.97 Å². The summed E-state index contributed by atoms with van der Waals surface area (Å²) >= 11 is 13.9. The Bertz CT molecular complexity index is 958.